The van der Waals surface area contributed by atoms with Gasteiger partial charge in [-0.25, -0.2) is 0 Å². The van der Waals surface area contributed by atoms with Crippen molar-refractivity contribution in [3.63, 3.8) is 0 Å². The van der Waals surface area contributed by atoms with Crippen LogP contribution in [0.15, 0.2) is 46.9 Å². The molecular weight excluding hydrogens is 328 g/mol. The number of fused-ring (bicyclic) bond motifs is 1. The van der Waals surface area contributed by atoms with Gasteiger partial charge in [0.2, 0.25) is 5.91 Å². The minimum Gasteiger partial charge on any atom is -0.378 e. The Bertz CT molecular complexity index is 684. The second-order valence-electron chi connectivity index (χ2n) is 5.31. The van der Waals surface area contributed by atoms with Gasteiger partial charge in [0.05, 0.1) is 6.04 Å². The van der Waals surface area contributed by atoms with Gasteiger partial charge in [0, 0.05) is 22.8 Å². The van der Waals surface area contributed by atoms with Crippen molar-refractivity contribution < 1.29 is 4.79 Å². The van der Waals surface area contributed by atoms with Gasteiger partial charge in [-0.1, -0.05) is 34.1 Å². The van der Waals surface area contributed by atoms with E-state index in [-0.39, 0.29) is 5.91 Å². The molecule has 2 aromatic carbocycles. The fourth-order valence-corrected chi connectivity index (χ4v) is 3.43. The van der Waals surface area contributed by atoms with E-state index in [1.165, 1.54) is 22.5 Å². The first kappa shape index (κ1) is 14.1. The van der Waals surface area contributed by atoms with Crippen molar-refractivity contribution in [2.24, 2.45) is 0 Å². The van der Waals surface area contributed by atoms with Gasteiger partial charge in [-0.2, -0.15) is 0 Å². The van der Waals surface area contributed by atoms with Gasteiger partial charge >= 0.3 is 0 Å². The van der Waals surface area contributed by atoms with Crippen LogP contribution in [0.3, 0.4) is 0 Å². The standard InChI is InChI=1S/C17H17BrN2O/c1-11(21)19-12-4-2-5-13(10-12)20-17-9-8-14-15(17)6-3-7-16(14)18/h2-7,10,17,20H,8-9H2,1H3,(H,19,21). The molecule has 0 fully saturated rings. The molecule has 1 unspecified atom stereocenters. The molecule has 0 aliphatic heterocycles. The van der Waals surface area contributed by atoms with E-state index >= 15 is 0 Å². The molecule has 3 nitrogen and oxygen atoms in total. The van der Waals surface area contributed by atoms with Crippen LogP contribution >= 0.6 is 15.9 Å². The van der Waals surface area contributed by atoms with Gasteiger partial charge < -0.3 is 10.6 Å². The normalized spacial score (nSPS) is 16.4. The van der Waals surface area contributed by atoms with Crippen molar-refractivity contribution in [3.05, 3.63) is 58.1 Å². The second-order valence-corrected chi connectivity index (χ2v) is 6.16. The molecule has 0 bridgehead atoms. The number of nitrogens with one attached hydrogen (secondary N) is 2. The van der Waals surface area contributed by atoms with Crippen LogP contribution in [-0.4, -0.2) is 5.91 Å². The van der Waals surface area contributed by atoms with Crippen LogP contribution in [0.25, 0.3) is 0 Å². The van der Waals surface area contributed by atoms with E-state index < -0.39 is 0 Å². The van der Waals surface area contributed by atoms with Crippen LogP contribution in [0.5, 0.6) is 0 Å². The SMILES string of the molecule is CC(=O)Nc1cccc(NC2CCc3c(Br)cccc32)c1. The Morgan fingerprint density at radius 3 is 2.76 bits per heavy atom. The molecule has 1 aliphatic carbocycles. The molecule has 0 saturated carbocycles. The van der Waals surface area contributed by atoms with Crippen molar-refractivity contribution in [1.82, 2.24) is 0 Å². The smallest absolute Gasteiger partial charge is 0.221 e. The van der Waals surface area contributed by atoms with Crippen LogP contribution in [-0.2, 0) is 11.2 Å². The zero-order valence-electron chi connectivity index (χ0n) is 11.8. The lowest BCUT2D eigenvalue weighted by Gasteiger charge is -2.16. The average Bonchev–Trinajstić information content (AvgIpc) is 2.83. The molecule has 1 atom stereocenters. The number of rotatable bonds is 3. The lowest BCUT2D eigenvalue weighted by atomic mass is 10.1. The molecule has 4 heteroatoms. The van der Waals surface area contributed by atoms with Crippen LogP contribution in [0.2, 0.25) is 0 Å². The van der Waals surface area contributed by atoms with E-state index in [9.17, 15) is 4.79 Å². The topological polar surface area (TPSA) is 41.1 Å². The lowest BCUT2D eigenvalue weighted by molar-refractivity contribution is -0.114. The van der Waals surface area contributed by atoms with Crippen LogP contribution in [0.4, 0.5) is 11.4 Å². The Morgan fingerprint density at radius 2 is 1.95 bits per heavy atom. The van der Waals surface area contributed by atoms with Crippen LogP contribution in [0.1, 0.15) is 30.5 Å². The number of carbonyl (C=O) groups excluding carboxylic acids is 1. The summed E-state index contributed by atoms with van der Waals surface area (Å²) < 4.78 is 1.19. The highest BCUT2D eigenvalue weighted by Crippen LogP contribution is 2.37. The number of hydrogen-bond acceptors (Lipinski definition) is 2. The monoisotopic (exact) mass is 344 g/mol. The van der Waals surface area contributed by atoms with E-state index in [0.29, 0.717) is 6.04 Å². The minimum atomic E-state index is -0.0534. The quantitative estimate of drug-likeness (QED) is 0.860. The summed E-state index contributed by atoms with van der Waals surface area (Å²) in [7, 11) is 0. The zero-order valence-corrected chi connectivity index (χ0v) is 13.4. The third-order valence-electron chi connectivity index (χ3n) is 3.74. The Kier molecular flexibility index (Phi) is 3.97. The first-order chi connectivity index (χ1) is 10.1. The van der Waals surface area contributed by atoms with Crippen molar-refractivity contribution in [2.45, 2.75) is 25.8 Å². The molecule has 2 N–H and O–H groups in total. The Morgan fingerprint density at radius 1 is 1.19 bits per heavy atom. The summed E-state index contributed by atoms with van der Waals surface area (Å²) in [5.74, 6) is -0.0534. The van der Waals surface area contributed by atoms with Gasteiger partial charge in [-0.15, -0.1) is 0 Å². The summed E-state index contributed by atoms with van der Waals surface area (Å²) in [6, 6.07) is 14.5. The van der Waals surface area contributed by atoms with E-state index in [4.69, 9.17) is 0 Å². The molecule has 0 saturated heterocycles. The third kappa shape index (κ3) is 3.10. The van der Waals surface area contributed by atoms with Crippen molar-refractivity contribution >= 4 is 33.2 Å². The van der Waals surface area contributed by atoms with Crippen LogP contribution < -0.4 is 10.6 Å². The highest BCUT2D eigenvalue weighted by molar-refractivity contribution is 9.10. The molecule has 1 amide bonds. The van der Waals surface area contributed by atoms with Crippen LogP contribution in [0, 0.1) is 0 Å². The van der Waals surface area contributed by atoms with Crippen molar-refractivity contribution in [2.75, 3.05) is 10.6 Å². The van der Waals surface area contributed by atoms with Crippen molar-refractivity contribution in [1.29, 1.82) is 0 Å². The van der Waals surface area contributed by atoms with Gasteiger partial charge in [-0.05, 0) is 48.2 Å². The predicted molar refractivity (Wildman–Crippen MR) is 89.6 cm³/mol. The fourth-order valence-electron chi connectivity index (χ4n) is 2.85. The van der Waals surface area contributed by atoms with Gasteiger partial charge in [-0.3, -0.25) is 4.79 Å². The van der Waals surface area contributed by atoms with Gasteiger partial charge in [0.15, 0.2) is 0 Å². The molecular formula is C17H17BrN2O. The molecule has 1 aliphatic rings. The molecule has 0 radical (unpaired) electrons. The van der Waals surface area contributed by atoms with E-state index in [1.807, 2.05) is 24.3 Å². The summed E-state index contributed by atoms with van der Waals surface area (Å²) in [5.41, 5.74) is 4.60. The molecule has 3 rings (SSSR count). The molecule has 0 heterocycles. The number of carbonyl (C=O) groups is 1. The molecule has 21 heavy (non-hydrogen) atoms. The lowest BCUT2D eigenvalue weighted by Crippen LogP contribution is -2.09. The first-order valence-electron chi connectivity index (χ1n) is 7.05. The maximum absolute atomic E-state index is 11.1. The van der Waals surface area contributed by atoms with E-state index in [1.54, 1.807) is 0 Å². The van der Waals surface area contributed by atoms with E-state index in [0.717, 1.165) is 24.2 Å². The number of hydrogen-bond donors (Lipinski definition) is 2. The summed E-state index contributed by atoms with van der Waals surface area (Å²) in [6.07, 6.45) is 2.17. The van der Waals surface area contributed by atoms with Gasteiger partial charge in [0.25, 0.3) is 0 Å². The minimum absolute atomic E-state index is 0.0534. The first-order valence-corrected chi connectivity index (χ1v) is 7.84. The number of halogens is 1. The van der Waals surface area contributed by atoms with Gasteiger partial charge in [0.1, 0.15) is 0 Å². The Balaban J connectivity index is 1.80. The molecule has 0 spiro atoms. The highest BCUT2D eigenvalue weighted by atomic mass is 79.9. The number of benzene rings is 2. The summed E-state index contributed by atoms with van der Waals surface area (Å²) in [4.78, 5) is 11.1. The summed E-state index contributed by atoms with van der Waals surface area (Å²) in [6.45, 7) is 1.52. The summed E-state index contributed by atoms with van der Waals surface area (Å²) >= 11 is 3.62. The average molecular weight is 345 g/mol. The summed E-state index contributed by atoms with van der Waals surface area (Å²) in [5, 5.41) is 6.38. The predicted octanol–water partition coefficient (Wildman–Crippen LogP) is 4.51. The molecule has 0 aromatic heterocycles. The Hall–Kier alpha value is -1.81. The Labute approximate surface area is 132 Å². The molecule has 108 valence electrons. The van der Waals surface area contributed by atoms with E-state index in [2.05, 4.69) is 44.8 Å². The maximum atomic E-state index is 11.1. The largest absolute Gasteiger partial charge is 0.378 e. The second kappa shape index (κ2) is 5.90. The van der Waals surface area contributed by atoms with Crippen molar-refractivity contribution in [3.8, 4) is 0 Å². The third-order valence-corrected chi connectivity index (χ3v) is 4.48. The highest BCUT2D eigenvalue weighted by Gasteiger charge is 2.23. The molecule has 2 aromatic rings. The zero-order chi connectivity index (χ0) is 14.8. The number of amides is 1. The number of anilines is 2. The maximum Gasteiger partial charge on any atom is 0.221 e. The fraction of sp³-hybridized carbons (Fsp3) is 0.235.